The average Bonchev–Trinajstić information content (AvgIpc) is 2.93. The van der Waals surface area contributed by atoms with Crippen LogP contribution in [-0.4, -0.2) is 45.2 Å². The lowest BCUT2D eigenvalue weighted by Crippen LogP contribution is -2.39. The number of aromatic nitrogens is 2. The Kier molecular flexibility index (Phi) is 6.61. The van der Waals surface area contributed by atoms with Crippen molar-refractivity contribution < 1.29 is 4.79 Å². The number of carbonyl (C=O) groups is 1. The van der Waals surface area contributed by atoms with E-state index in [4.69, 9.17) is 0 Å². The molecule has 0 radical (unpaired) electrons. The summed E-state index contributed by atoms with van der Waals surface area (Å²) < 4.78 is 2.07. The van der Waals surface area contributed by atoms with Gasteiger partial charge in [-0.25, -0.2) is 0 Å². The quantitative estimate of drug-likeness (QED) is 0.726. The van der Waals surface area contributed by atoms with Gasteiger partial charge in [0, 0.05) is 31.5 Å². The van der Waals surface area contributed by atoms with Crippen molar-refractivity contribution >= 4 is 17.7 Å². The van der Waals surface area contributed by atoms with E-state index in [1.807, 2.05) is 22.9 Å². The molecule has 0 N–H and O–H groups in total. The molecular formula is C16H27N3OS. The number of unbranched alkanes of at least 4 members (excludes halogenated alkanes) is 1. The zero-order valence-corrected chi connectivity index (χ0v) is 14.1. The van der Waals surface area contributed by atoms with E-state index in [-0.39, 0.29) is 0 Å². The van der Waals surface area contributed by atoms with Gasteiger partial charge in [0.05, 0.1) is 12.2 Å². The predicted octanol–water partition coefficient (Wildman–Crippen LogP) is 3.28. The van der Waals surface area contributed by atoms with Crippen LogP contribution in [0.5, 0.6) is 0 Å². The van der Waals surface area contributed by atoms with Crippen LogP contribution in [0.2, 0.25) is 0 Å². The second-order valence-electron chi connectivity index (χ2n) is 5.83. The average molecular weight is 309 g/mol. The summed E-state index contributed by atoms with van der Waals surface area (Å²) in [4.78, 5) is 14.2. The molecule has 0 aromatic carbocycles. The number of nitrogens with zero attached hydrogens (tertiary/aromatic N) is 3. The minimum atomic E-state index is 0.328. The molecule has 5 heteroatoms. The molecule has 1 aromatic heterocycles. The molecular weight excluding hydrogens is 282 g/mol. The van der Waals surface area contributed by atoms with Gasteiger partial charge in [-0.15, -0.1) is 0 Å². The van der Waals surface area contributed by atoms with Crippen LogP contribution in [0.3, 0.4) is 0 Å². The molecule has 2 rings (SSSR count). The monoisotopic (exact) mass is 309 g/mol. The third-order valence-corrected chi connectivity index (χ3v) is 5.09. The smallest absolute Gasteiger partial charge is 0.223 e. The molecule has 2 heterocycles. The maximum atomic E-state index is 12.2. The zero-order valence-electron chi connectivity index (χ0n) is 13.3. The van der Waals surface area contributed by atoms with Gasteiger partial charge in [0.15, 0.2) is 0 Å². The fourth-order valence-corrected chi connectivity index (χ4v) is 3.69. The van der Waals surface area contributed by atoms with Crippen LogP contribution in [0, 0.1) is 6.92 Å². The third-order valence-electron chi connectivity index (χ3n) is 4.02. The summed E-state index contributed by atoms with van der Waals surface area (Å²) in [5.74, 6) is 2.48. The second kappa shape index (κ2) is 8.47. The summed E-state index contributed by atoms with van der Waals surface area (Å²) in [5, 5.41) is 4.40. The lowest BCUT2D eigenvalue weighted by atomic mass is 10.1. The molecule has 1 fully saturated rings. The Balaban J connectivity index is 1.67. The number of likely N-dealkylation sites (tertiary alicyclic amines) is 1. The van der Waals surface area contributed by atoms with Gasteiger partial charge in [-0.05, 0) is 37.5 Å². The van der Waals surface area contributed by atoms with Crippen LogP contribution in [-0.2, 0) is 4.79 Å². The maximum Gasteiger partial charge on any atom is 0.223 e. The first-order valence-electron chi connectivity index (χ1n) is 8.07. The predicted molar refractivity (Wildman–Crippen MR) is 88.7 cm³/mol. The number of aryl methyl sites for hydroxylation is 1. The fraction of sp³-hybridized carbons (Fsp3) is 0.750. The Bertz CT molecular complexity index is 438. The Hall–Kier alpha value is -0.970. The van der Waals surface area contributed by atoms with Crippen molar-refractivity contribution in [2.75, 3.05) is 24.6 Å². The summed E-state index contributed by atoms with van der Waals surface area (Å²) in [7, 11) is 0. The van der Waals surface area contributed by atoms with Crippen molar-refractivity contribution in [3.05, 3.63) is 18.0 Å². The van der Waals surface area contributed by atoms with E-state index in [0.717, 1.165) is 31.7 Å². The number of rotatable bonds is 7. The van der Waals surface area contributed by atoms with Crippen molar-refractivity contribution in [1.82, 2.24) is 14.7 Å². The first kappa shape index (κ1) is 16.4. The highest BCUT2D eigenvalue weighted by Gasteiger charge is 2.23. The highest BCUT2D eigenvalue weighted by molar-refractivity contribution is 7.99. The Morgan fingerprint density at radius 3 is 2.76 bits per heavy atom. The third kappa shape index (κ3) is 5.06. The minimum Gasteiger partial charge on any atom is -0.343 e. The normalized spacial score (nSPS) is 16.4. The first-order valence-corrected chi connectivity index (χ1v) is 9.22. The molecule has 1 aliphatic heterocycles. The van der Waals surface area contributed by atoms with Gasteiger partial charge in [0.1, 0.15) is 0 Å². The highest BCUT2D eigenvalue weighted by atomic mass is 32.2. The SMILES string of the molecule is CCCCSCCC(=O)N1CCC(n2cc(C)cn2)CC1. The summed E-state index contributed by atoms with van der Waals surface area (Å²) in [6, 6.07) is 0.460. The van der Waals surface area contributed by atoms with Gasteiger partial charge < -0.3 is 4.90 Å². The maximum absolute atomic E-state index is 12.2. The number of hydrogen-bond donors (Lipinski definition) is 0. The highest BCUT2D eigenvalue weighted by Crippen LogP contribution is 2.22. The summed E-state index contributed by atoms with van der Waals surface area (Å²) in [5.41, 5.74) is 1.21. The lowest BCUT2D eigenvalue weighted by molar-refractivity contribution is -0.132. The number of amides is 1. The van der Waals surface area contributed by atoms with E-state index in [1.54, 1.807) is 0 Å². The van der Waals surface area contributed by atoms with Crippen LogP contribution < -0.4 is 0 Å². The molecule has 1 aliphatic rings. The molecule has 1 amide bonds. The van der Waals surface area contributed by atoms with E-state index in [0.29, 0.717) is 18.4 Å². The van der Waals surface area contributed by atoms with E-state index >= 15 is 0 Å². The summed E-state index contributed by atoms with van der Waals surface area (Å²) in [6.07, 6.45) is 9.25. The van der Waals surface area contributed by atoms with Crippen LogP contribution in [0.1, 0.15) is 50.6 Å². The molecule has 0 aliphatic carbocycles. The van der Waals surface area contributed by atoms with Gasteiger partial charge in [-0.1, -0.05) is 13.3 Å². The minimum absolute atomic E-state index is 0.328. The lowest BCUT2D eigenvalue weighted by Gasteiger charge is -2.32. The fourth-order valence-electron chi connectivity index (χ4n) is 2.68. The molecule has 1 saturated heterocycles. The van der Waals surface area contributed by atoms with Gasteiger partial charge >= 0.3 is 0 Å². The molecule has 0 atom stereocenters. The molecule has 0 spiro atoms. The summed E-state index contributed by atoms with van der Waals surface area (Å²) >= 11 is 1.91. The summed E-state index contributed by atoms with van der Waals surface area (Å²) in [6.45, 7) is 6.03. The standard InChI is InChI=1S/C16H27N3OS/c1-3-4-10-21-11-7-16(20)18-8-5-15(6-9-18)19-13-14(2)12-17-19/h12-13,15H,3-11H2,1-2H3. The van der Waals surface area contributed by atoms with Crippen LogP contribution in [0.4, 0.5) is 0 Å². The van der Waals surface area contributed by atoms with Gasteiger partial charge in [-0.2, -0.15) is 16.9 Å². The topological polar surface area (TPSA) is 38.1 Å². The van der Waals surface area contributed by atoms with Crippen LogP contribution >= 0.6 is 11.8 Å². The molecule has 0 unspecified atom stereocenters. The van der Waals surface area contributed by atoms with Crippen molar-refractivity contribution in [3.63, 3.8) is 0 Å². The van der Waals surface area contributed by atoms with E-state index < -0.39 is 0 Å². The van der Waals surface area contributed by atoms with Crippen molar-refractivity contribution in [2.24, 2.45) is 0 Å². The molecule has 4 nitrogen and oxygen atoms in total. The van der Waals surface area contributed by atoms with Crippen molar-refractivity contribution in [2.45, 2.75) is 52.0 Å². The zero-order chi connectivity index (χ0) is 15.1. The van der Waals surface area contributed by atoms with Crippen LogP contribution in [0.25, 0.3) is 0 Å². The Morgan fingerprint density at radius 2 is 2.14 bits per heavy atom. The van der Waals surface area contributed by atoms with E-state index in [1.165, 1.54) is 24.2 Å². The second-order valence-corrected chi connectivity index (χ2v) is 7.05. The van der Waals surface area contributed by atoms with Crippen LogP contribution in [0.15, 0.2) is 12.4 Å². The number of piperidine rings is 1. The molecule has 21 heavy (non-hydrogen) atoms. The van der Waals surface area contributed by atoms with Crippen molar-refractivity contribution in [1.29, 1.82) is 0 Å². The van der Waals surface area contributed by atoms with Gasteiger partial charge in [0.2, 0.25) is 5.91 Å². The number of carbonyl (C=O) groups excluding carboxylic acids is 1. The molecule has 1 aromatic rings. The van der Waals surface area contributed by atoms with E-state index in [9.17, 15) is 4.79 Å². The molecule has 118 valence electrons. The first-order chi connectivity index (χ1) is 10.2. The Morgan fingerprint density at radius 1 is 1.38 bits per heavy atom. The largest absolute Gasteiger partial charge is 0.343 e. The molecule has 0 bridgehead atoms. The number of thioether (sulfide) groups is 1. The van der Waals surface area contributed by atoms with Gasteiger partial charge in [-0.3, -0.25) is 9.48 Å². The molecule has 0 saturated carbocycles. The number of hydrogen-bond acceptors (Lipinski definition) is 3. The van der Waals surface area contributed by atoms with Gasteiger partial charge in [0.25, 0.3) is 0 Å². The van der Waals surface area contributed by atoms with Crippen molar-refractivity contribution in [3.8, 4) is 0 Å². The van der Waals surface area contributed by atoms with E-state index in [2.05, 4.69) is 29.8 Å². The Labute approximate surface area is 132 Å².